The van der Waals surface area contributed by atoms with Crippen LogP contribution in [0.2, 0.25) is 0 Å². The van der Waals surface area contributed by atoms with E-state index in [-0.39, 0.29) is 59.1 Å². The van der Waals surface area contributed by atoms with E-state index >= 15 is 0 Å². The smallest absolute Gasteiger partial charge is 0.759 e. The first-order chi connectivity index (χ1) is 24.4. The Kier molecular flexibility index (Phi) is 63.9. The molecule has 52 heavy (non-hydrogen) atoms. The molecule has 0 rings (SSSR count). The SMILES string of the molecule is CCCCCCCCCCCCCCCCCCCCCCOCCCCCCCCCCCCCCCCCCCCCC.O=S(=O)([O-])[O-].[Na+].[Na+]. The molecule has 0 amide bonds. The quantitative estimate of drug-likeness (QED) is 0.0267. The summed E-state index contributed by atoms with van der Waals surface area (Å²) in [6.45, 7) is 6.61. The van der Waals surface area contributed by atoms with Crippen molar-refractivity contribution >= 4 is 10.4 Å². The number of unbranched alkanes of at least 4 members (excludes halogenated alkanes) is 38. The first-order valence-electron chi connectivity index (χ1n) is 22.7. The molecule has 0 aromatic heterocycles. The average molecular weight is 777 g/mol. The predicted molar refractivity (Wildman–Crippen MR) is 217 cm³/mol. The van der Waals surface area contributed by atoms with Crippen molar-refractivity contribution in [3.63, 3.8) is 0 Å². The molecule has 0 fully saturated rings. The van der Waals surface area contributed by atoms with Crippen LogP contribution in [0.15, 0.2) is 0 Å². The molecule has 8 heteroatoms. The summed E-state index contributed by atoms with van der Waals surface area (Å²) in [6, 6.07) is 0. The minimum atomic E-state index is -5.17. The van der Waals surface area contributed by atoms with E-state index in [2.05, 4.69) is 13.8 Å². The molecule has 0 aromatic rings. The fraction of sp³-hybridized carbons (Fsp3) is 1.00. The molecule has 0 aliphatic heterocycles. The minimum Gasteiger partial charge on any atom is -0.759 e. The number of hydrogen-bond donors (Lipinski definition) is 0. The van der Waals surface area contributed by atoms with Gasteiger partial charge in [-0.2, -0.15) is 0 Å². The molecule has 0 aliphatic rings. The molecule has 0 heterocycles. The van der Waals surface area contributed by atoms with Crippen molar-refractivity contribution in [1.82, 2.24) is 0 Å². The van der Waals surface area contributed by atoms with Crippen molar-refractivity contribution in [3.8, 4) is 0 Å². The topological polar surface area (TPSA) is 89.5 Å². The van der Waals surface area contributed by atoms with Gasteiger partial charge in [0.15, 0.2) is 0 Å². The molecule has 0 saturated carbocycles. The second-order valence-corrected chi connectivity index (χ2v) is 16.3. The van der Waals surface area contributed by atoms with Gasteiger partial charge < -0.3 is 13.8 Å². The predicted octanol–water partition coefficient (Wildman–Crippen LogP) is 9.32. The molecule has 0 atom stereocenters. The maximum Gasteiger partial charge on any atom is 1.00 e. The molecule has 0 bridgehead atoms. The Balaban J connectivity index is -0.00000153. The largest absolute Gasteiger partial charge is 1.00 e. The van der Waals surface area contributed by atoms with Crippen molar-refractivity contribution in [1.29, 1.82) is 0 Å². The van der Waals surface area contributed by atoms with Crippen LogP contribution < -0.4 is 59.1 Å². The molecule has 0 spiro atoms. The third kappa shape index (κ3) is 69.7. The van der Waals surface area contributed by atoms with Gasteiger partial charge >= 0.3 is 59.1 Å². The molecule has 0 aliphatic carbocycles. The Labute approximate surface area is 372 Å². The third-order valence-electron chi connectivity index (χ3n) is 10.3. The second kappa shape index (κ2) is 54.9. The minimum absolute atomic E-state index is 0. The summed E-state index contributed by atoms with van der Waals surface area (Å²) in [5, 5.41) is 0. The Morgan fingerprint density at radius 1 is 0.288 bits per heavy atom. The van der Waals surface area contributed by atoms with E-state index in [1.165, 1.54) is 257 Å². The molecule has 304 valence electrons. The average Bonchev–Trinajstić information content (AvgIpc) is 3.08. The summed E-state index contributed by atoms with van der Waals surface area (Å²) in [7, 11) is -5.17. The summed E-state index contributed by atoms with van der Waals surface area (Å²) < 4.78 is 40.0. The Morgan fingerprint density at radius 2 is 0.404 bits per heavy atom. The summed E-state index contributed by atoms with van der Waals surface area (Å²) >= 11 is 0. The standard InChI is InChI=1S/C44H90O.2Na.H2O4S/c1-3-5-7-9-11-13-15-17-19-21-23-25-27-29-31-33-35-37-39-41-43-45-44-42-40-38-36-34-32-30-28-26-24-22-20-18-16-14-12-10-8-6-4-2;;;1-5(2,3)4/h3-44H2,1-2H3;;;(H2,1,2,3,4)/q;2*+1;/p-2. The van der Waals surface area contributed by atoms with E-state index in [0.717, 1.165) is 13.2 Å². The molecule has 0 N–H and O–H groups in total. The van der Waals surface area contributed by atoms with Crippen molar-refractivity contribution in [3.05, 3.63) is 0 Å². The van der Waals surface area contributed by atoms with Crippen LogP contribution in [-0.4, -0.2) is 30.7 Å². The zero-order valence-corrected chi connectivity index (χ0v) is 41.0. The zero-order valence-electron chi connectivity index (χ0n) is 36.1. The normalized spacial score (nSPS) is 11.2. The van der Waals surface area contributed by atoms with Crippen molar-refractivity contribution < 1.29 is 81.4 Å². The Bertz CT molecular complexity index is 646. The van der Waals surface area contributed by atoms with Crippen molar-refractivity contribution in [2.45, 2.75) is 271 Å². The monoisotopic (exact) mass is 777 g/mol. The van der Waals surface area contributed by atoms with Crippen LogP contribution in [0.25, 0.3) is 0 Å². The fourth-order valence-corrected chi connectivity index (χ4v) is 7.02. The molecular formula is C44H90Na2O5S. The van der Waals surface area contributed by atoms with E-state index in [0.29, 0.717) is 0 Å². The van der Waals surface area contributed by atoms with Gasteiger partial charge in [-0.15, -0.1) is 0 Å². The van der Waals surface area contributed by atoms with Gasteiger partial charge in [0, 0.05) is 23.6 Å². The third-order valence-corrected chi connectivity index (χ3v) is 10.3. The first kappa shape index (κ1) is 60.5. The second-order valence-electron chi connectivity index (χ2n) is 15.5. The van der Waals surface area contributed by atoms with Crippen LogP contribution in [-0.2, 0) is 15.1 Å². The van der Waals surface area contributed by atoms with Crippen molar-refractivity contribution in [2.24, 2.45) is 0 Å². The summed E-state index contributed by atoms with van der Waals surface area (Å²) in [5.74, 6) is 0. The summed E-state index contributed by atoms with van der Waals surface area (Å²) in [4.78, 5) is 0. The van der Waals surface area contributed by atoms with Crippen LogP contribution in [0, 0.1) is 0 Å². The van der Waals surface area contributed by atoms with Gasteiger partial charge in [0.05, 0.1) is 0 Å². The van der Waals surface area contributed by atoms with Gasteiger partial charge in [-0.25, -0.2) is 0 Å². The van der Waals surface area contributed by atoms with Crippen LogP contribution in [0.3, 0.4) is 0 Å². The van der Waals surface area contributed by atoms with E-state index in [9.17, 15) is 0 Å². The van der Waals surface area contributed by atoms with Gasteiger partial charge in [-0.05, 0) is 12.8 Å². The summed E-state index contributed by atoms with van der Waals surface area (Å²) in [5.41, 5.74) is 0. The van der Waals surface area contributed by atoms with Crippen molar-refractivity contribution in [2.75, 3.05) is 13.2 Å². The van der Waals surface area contributed by atoms with Crippen LogP contribution in [0.1, 0.15) is 271 Å². The fourth-order valence-electron chi connectivity index (χ4n) is 7.02. The maximum atomic E-state index is 8.52. The van der Waals surface area contributed by atoms with E-state index in [4.69, 9.17) is 22.3 Å². The molecule has 0 radical (unpaired) electrons. The van der Waals surface area contributed by atoms with Gasteiger partial charge in [0.1, 0.15) is 0 Å². The van der Waals surface area contributed by atoms with Crippen LogP contribution >= 0.6 is 0 Å². The van der Waals surface area contributed by atoms with E-state index in [1.54, 1.807) is 0 Å². The first-order valence-corrected chi connectivity index (χ1v) is 24.0. The van der Waals surface area contributed by atoms with Gasteiger partial charge in [-0.3, -0.25) is 8.42 Å². The van der Waals surface area contributed by atoms with Crippen LogP contribution in [0.4, 0.5) is 0 Å². The van der Waals surface area contributed by atoms with Gasteiger partial charge in [0.2, 0.25) is 0 Å². The molecule has 0 aromatic carbocycles. The number of hydrogen-bond acceptors (Lipinski definition) is 5. The maximum absolute atomic E-state index is 8.52. The van der Waals surface area contributed by atoms with E-state index < -0.39 is 10.4 Å². The molecular weight excluding hydrogens is 687 g/mol. The Hall–Kier alpha value is 1.83. The summed E-state index contributed by atoms with van der Waals surface area (Å²) in [6.07, 6.45) is 58.0. The van der Waals surface area contributed by atoms with Gasteiger partial charge in [0.25, 0.3) is 0 Å². The molecule has 5 nitrogen and oxygen atoms in total. The van der Waals surface area contributed by atoms with E-state index in [1.807, 2.05) is 0 Å². The molecule has 0 unspecified atom stereocenters. The van der Waals surface area contributed by atoms with Gasteiger partial charge in [-0.1, -0.05) is 258 Å². The Morgan fingerprint density at radius 3 is 0.538 bits per heavy atom. The molecule has 0 saturated heterocycles. The van der Waals surface area contributed by atoms with Crippen LogP contribution in [0.5, 0.6) is 0 Å². The number of rotatable bonds is 42. The number of ether oxygens (including phenoxy) is 1. The zero-order chi connectivity index (χ0) is 36.9.